The van der Waals surface area contributed by atoms with Crippen molar-refractivity contribution in [2.24, 2.45) is 5.14 Å². The Labute approximate surface area is 277 Å². The fraction of sp³-hybridized carbons (Fsp3) is 0.344. The minimum Gasteiger partial charge on any atom is -0.475 e. The van der Waals surface area contributed by atoms with E-state index in [0.29, 0.717) is 18.4 Å². The normalized spacial score (nSPS) is 16.5. The fourth-order valence-corrected chi connectivity index (χ4v) is 7.48. The lowest BCUT2D eigenvalue weighted by Crippen LogP contribution is -2.43. The molecule has 1 aliphatic carbocycles. The minimum atomic E-state index is -5.08. The number of nitrogens with one attached hydrogen (secondary N) is 1. The number of aliphatic carboxylic acids is 1. The molecule has 3 heterocycles. The molecule has 4 aromatic rings. The standard InChI is InChI=1S/C30H31F3N6O2S.C2HF3O2/c31-21-16-23(28(33)25(17-21)30(42(34,40)41)8-2-1-3-9-30)24-19-39(37-29(24)20-6-10-35-11-7-20)27-5-4-22(18-26(27)32)38-14-12-36-13-15-38;3-2(4,5)1(6)7/h4-7,10-11,16-19,36H,1-3,8-9,12-15H2,(H2,34,40,41);(H,6,7). The number of aromatic nitrogens is 3. The second-order valence-corrected chi connectivity index (χ2v) is 13.5. The number of piperazine rings is 1. The van der Waals surface area contributed by atoms with Crippen molar-refractivity contribution < 1.29 is 44.7 Å². The largest absolute Gasteiger partial charge is 0.490 e. The number of rotatable bonds is 6. The molecular formula is C32H32F6N6O4S. The number of halogens is 6. The van der Waals surface area contributed by atoms with Gasteiger partial charge in [-0.15, -0.1) is 0 Å². The smallest absolute Gasteiger partial charge is 0.475 e. The number of hydrogen-bond acceptors (Lipinski definition) is 7. The van der Waals surface area contributed by atoms with Gasteiger partial charge >= 0.3 is 12.1 Å². The van der Waals surface area contributed by atoms with Gasteiger partial charge in [0, 0.05) is 72.7 Å². The van der Waals surface area contributed by atoms with Crippen LogP contribution in [0.1, 0.15) is 37.7 Å². The number of nitrogens with two attached hydrogens (primary N) is 1. The molecule has 2 aliphatic rings. The van der Waals surface area contributed by atoms with Crippen molar-refractivity contribution >= 4 is 21.7 Å². The molecule has 2 aromatic heterocycles. The third kappa shape index (κ3) is 7.58. The lowest BCUT2D eigenvalue weighted by Gasteiger charge is -2.36. The molecule has 0 atom stereocenters. The van der Waals surface area contributed by atoms with Crippen molar-refractivity contribution in [1.82, 2.24) is 20.1 Å². The average Bonchev–Trinajstić information content (AvgIpc) is 3.51. The van der Waals surface area contributed by atoms with Gasteiger partial charge in [0.05, 0.1) is 0 Å². The molecule has 0 unspecified atom stereocenters. The van der Waals surface area contributed by atoms with E-state index in [0.717, 1.165) is 50.4 Å². The quantitative estimate of drug-likeness (QED) is 0.223. The first-order chi connectivity index (χ1) is 23.1. The molecule has 6 rings (SSSR count). The van der Waals surface area contributed by atoms with Crippen molar-refractivity contribution in [2.45, 2.75) is 43.0 Å². The van der Waals surface area contributed by atoms with Crippen LogP contribution in [0.2, 0.25) is 0 Å². The summed E-state index contributed by atoms with van der Waals surface area (Å²) >= 11 is 0. The summed E-state index contributed by atoms with van der Waals surface area (Å²) in [6.45, 7) is 3.10. The van der Waals surface area contributed by atoms with E-state index in [4.69, 9.17) is 15.0 Å². The summed E-state index contributed by atoms with van der Waals surface area (Å²) in [6.07, 6.45) is 1.42. The number of carboxylic acid groups (broad SMARTS) is 1. The molecule has 1 saturated heterocycles. The minimum absolute atomic E-state index is 0.0900. The highest BCUT2D eigenvalue weighted by Crippen LogP contribution is 2.46. The van der Waals surface area contributed by atoms with E-state index in [1.807, 2.05) is 0 Å². The third-order valence-electron chi connectivity index (χ3n) is 8.60. The second-order valence-electron chi connectivity index (χ2n) is 11.7. The Morgan fingerprint density at radius 3 is 2.14 bits per heavy atom. The van der Waals surface area contributed by atoms with Crippen LogP contribution >= 0.6 is 0 Å². The number of primary sulfonamides is 1. The molecule has 1 saturated carbocycles. The highest BCUT2D eigenvalue weighted by atomic mass is 32.2. The molecule has 0 spiro atoms. The van der Waals surface area contributed by atoms with E-state index in [9.17, 15) is 21.6 Å². The zero-order valence-electron chi connectivity index (χ0n) is 25.9. The van der Waals surface area contributed by atoms with Crippen LogP contribution in [0.15, 0.2) is 61.1 Å². The van der Waals surface area contributed by atoms with Crippen LogP contribution in [0, 0.1) is 17.5 Å². The van der Waals surface area contributed by atoms with Crippen molar-refractivity contribution in [3.05, 3.63) is 84.1 Å². The lowest BCUT2D eigenvalue weighted by molar-refractivity contribution is -0.192. The van der Waals surface area contributed by atoms with E-state index in [2.05, 4.69) is 20.3 Å². The molecule has 2 aromatic carbocycles. The average molecular weight is 711 g/mol. The van der Waals surface area contributed by atoms with Crippen molar-refractivity contribution in [1.29, 1.82) is 0 Å². The molecule has 49 heavy (non-hydrogen) atoms. The van der Waals surface area contributed by atoms with Gasteiger partial charge in [-0.1, -0.05) is 19.3 Å². The summed E-state index contributed by atoms with van der Waals surface area (Å²) in [7, 11) is -4.29. The molecule has 262 valence electrons. The van der Waals surface area contributed by atoms with Gasteiger partial charge < -0.3 is 15.3 Å². The van der Waals surface area contributed by atoms with Crippen molar-refractivity contribution in [3.63, 3.8) is 0 Å². The SMILES string of the molecule is NS(=O)(=O)C1(c2cc(F)cc(-c3cn(-c4ccc(N5CCNCC5)cc4F)nc3-c3ccncc3)c2F)CCCCC1.O=C(O)C(F)(F)F. The number of anilines is 1. The van der Waals surface area contributed by atoms with Crippen LogP contribution < -0.4 is 15.4 Å². The molecule has 10 nitrogen and oxygen atoms in total. The van der Waals surface area contributed by atoms with Crippen LogP contribution in [-0.4, -0.2) is 66.6 Å². The lowest BCUT2D eigenvalue weighted by atomic mass is 9.81. The van der Waals surface area contributed by atoms with Crippen LogP contribution in [-0.2, 0) is 19.6 Å². The van der Waals surface area contributed by atoms with E-state index < -0.39 is 44.4 Å². The van der Waals surface area contributed by atoms with Gasteiger partial charge in [-0.2, -0.15) is 18.3 Å². The Kier molecular flexibility index (Phi) is 10.4. The number of carboxylic acids is 1. The van der Waals surface area contributed by atoms with E-state index >= 15 is 13.2 Å². The van der Waals surface area contributed by atoms with Gasteiger partial charge in [-0.3, -0.25) is 4.98 Å². The third-order valence-corrected chi connectivity index (χ3v) is 10.3. The first-order valence-electron chi connectivity index (χ1n) is 15.2. The van der Waals surface area contributed by atoms with Gasteiger partial charge in [0.15, 0.2) is 5.82 Å². The Bertz CT molecular complexity index is 1930. The number of pyridine rings is 1. The number of hydrogen-bond donors (Lipinski definition) is 3. The molecule has 4 N–H and O–H groups in total. The molecule has 0 amide bonds. The summed E-state index contributed by atoms with van der Waals surface area (Å²) < 4.78 is 104. The number of benzene rings is 2. The molecule has 2 fully saturated rings. The van der Waals surface area contributed by atoms with E-state index in [1.54, 1.807) is 24.3 Å². The summed E-state index contributed by atoms with van der Waals surface area (Å²) in [5.74, 6) is -4.99. The van der Waals surface area contributed by atoms with Crippen LogP contribution in [0.3, 0.4) is 0 Å². The fourth-order valence-electron chi connectivity index (χ4n) is 6.17. The van der Waals surface area contributed by atoms with Gasteiger partial charge in [-0.05, 0) is 55.3 Å². The van der Waals surface area contributed by atoms with Crippen molar-refractivity contribution in [3.8, 4) is 28.1 Å². The Hall–Kier alpha value is -4.48. The monoisotopic (exact) mass is 710 g/mol. The van der Waals surface area contributed by atoms with E-state index in [1.165, 1.54) is 29.3 Å². The number of carbonyl (C=O) groups is 1. The highest BCUT2D eigenvalue weighted by Gasteiger charge is 2.47. The van der Waals surface area contributed by atoms with E-state index in [-0.39, 0.29) is 40.9 Å². The predicted octanol–water partition coefficient (Wildman–Crippen LogP) is 5.51. The molecule has 0 bridgehead atoms. The van der Waals surface area contributed by atoms with Crippen LogP contribution in [0.5, 0.6) is 0 Å². The van der Waals surface area contributed by atoms with Gasteiger partial charge in [0.1, 0.15) is 27.8 Å². The maximum Gasteiger partial charge on any atom is 0.490 e. The number of nitrogens with zero attached hydrogens (tertiary/aromatic N) is 4. The summed E-state index contributed by atoms with van der Waals surface area (Å²) in [5.41, 5.74) is 1.36. The predicted molar refractivity (Wildman–Crippen MR) is 169 cm³/mol. The summed E-state index contributed by atoms with van der Waals surface area (Å²) in [4.78, 5) is 15.0. The molecule has 0 radical (unpaired) electrons. The van der Waals surface area contributed by atoms with Crippen LogP contribution in [0.4, 0.5) is 32.0 Å². The Balaban J connectivity index is 0.000000606. The Morgan fingerprint density at radius 1 is 0.939 bits per heavy atom. The van der Waals surface area contributed by atoms with Crippen LogP contribution in [0.25, 0.3) is 28.1 Å². The highest BCUT2D eigenvalue weighted by molar-refractivity contribution is 7.90. The number of sulfonamides is 1. The Morgan fingerprint density at radius 2 is 1.57 bits per heavy atom. The maximum absolute atomic E-state index is 16.5. The first-order valence-corrected chi connectivity index (χ1v) is 16.7. The summed E-state index contributed by atoms with van der Waals surface area (Å²) in [5, 5.41) is 20.7. The number of alkyl halides is 3. The van der Waals surface area contributed by atoms with Crippen molar-refractivity contribution in [2.75, 3.05) is 31.1 Å². The summed E-state index contributed by atoms with van der Waals surface area (Å²) in [6, 6.07) is 10.1. The second kappa shape index (κ2) is 14.2. The molecule has 1 aliphatic heterocycles. The van der Waals surface area contributed by atoms with Gasteiger partial charge in [0.2, 0.25) is 10.0 Å². The molecule has 17 heteroatoms. The molecular weight excluding hydrogens is 678 g/mol. The van der Waals surface area contributed by atoms with Gasteiger partial charge in [0.25, 0.3) is 0 Å². The zero-order valence-corrected chi connectivity index (χ0v) is 26.7. The van der Waals surface area contributed by atoms with Gasteiger partial charge in [-0.25, -0.2) is 36.2 Å². The zero-order chi connectivity index (χ0) is 35.6. The maximum atomic E-state index is 16.5. The first kappa shape index (κ1) is 35.8. The topological polar surface area (TPSA) is 143 Å².